The quantitative estimate of drug-likeness (QED) is 0.0562. The number of aliphatic hydroxyl groups excluding tert-OH is 2. The second-order valence-corrected chi connectivity index (χ2v) is 13.2. The molecule has 15 heteroatoms. The normalized spacial score (nSPS) is 17.4. The van der Waals surface area contributed by atoms with Gasteiger partial charge in [0.05, 0.1) is 41.7 Å². The van der Waals surface area contributed by atoms with Crippen LogP contribution in [0.5, 0.6) is 11.5 Å². The Labute approximate surface area is 314 Å². The lowest BCUT2D eigenvalue weighted by molar-refractivity contribution is -0.394. The van der Waals surface area contributed by atoms with Crippen molar-refractivity contribution in [3.8, 4) is 11.5 Å². The SMILES string of the molecule is COc1ccccc1C(c1ccccc1)(c1ccccc1OC)C(O)[C@H]1O[C@@H](n2cc(CCCCc3ccc([N+](=O)[O-])cc3[N+](=O)[O-])c(=O)[nH]c2=O)C[C@@H]1O. The number of H-pyrrole nitrogens is 1. The Balaban J connectivity index is 1.31. The van der Waals surface area contributed by atoms with Gasteiger partial charge in [0.15, 0.2) is 0 Å². The molecule has 1 aliphatic rings. The van der Waals surface area contributed by atoms with E-state index in [-0.39, 0.29) is 36.2 Å². The second-order valence-electron chi connectivity index (χ2n) is 13.2. The number of unbranched alkanes of at least 4 members (excludes halogenated alkanes) is 1. The third-order valence-electron chi connectivity index (χ3n) is 10.2. The Morgan fingerprint density at radius 2 is 1.44 bits per heavy atom. The van der Waals surface area contributed by atoms with Crippen LogP contribution in [0.1, 0.15) is 53.3 Å². The smallest absolute Gasteiger partial charge is 0.330 e. The maximum absolute atomic E-state index is 13.2. The summed E-state index contributed by atoms with van der Waals surface area (Å²) in [5, 5.41) is 47.1. The number of rotatable bonds is 15. The zero-order valence-corrected chi connectivity index (χ0v) is 30.1. The van der Waals surface area contributed by atoms with Crippen LogP contribution < -0.4 is 20.7 Å². The van der Waals surface area contributed by atoms with Crippen LogP contribution in [0.2, 0.25) is 0 Å². The predicted molar refractivity (Wildman–Crippen MR) is 201 cm³/mol. The average Bonchev–Trinajstić information content (AvgIpc) is 3.58. The van der Waals surface area contributed by atoms with E-state index >= 15 is 0 Å². The van der Waals surface area contributed by atoms with Gasteiger partial charge in [0, 0.05) is 40.9 Å². The third-order valence-corrected chi connectivity index (χ3v) is 10.2. The van der Waals surface area contributed by atoms with E-state index < -0.39 is 51.1 Å². The molecule has 55 heavy (non-hydrogen) atoms. The molecule has 0 saturated carbocycles. The molecule has 4 atom stereocenters. The van der Waals surface area contributed by atoms with Crippen molar-refractivity contribution in [1.82, 2.24) is 9.55 Å². The minimum atomic E-state index is -1.50. The van der Waals surface area contributed by atoms with E-state index in [9.17, 15) is 40.0 Å². The monoisotopic (exact) mass is 752 g/mol. The number of ether oxygens (including phenoxy) is 3. The van der Waals surface area contributed by atoms with Crippen molar-refractivity contribution < 1.29 is 34.3 Å². The molecule has 1 aliphatic heterocycles. The van der Waals surface area contributed by atoms with Crippen LogP contribution >= 0.6 is 0 Å². The lowest BCUT2D eigenvalue weighted by Gasteiger charge is -2.43. The van der Waals surface area contributed by atoms with E-state index in [1.54, 1.807) is 12.1 Å². The highest BCUT2D eigenvalue weighted by Gasteiger charge is 2.54. The molecule has 1 saturated heterocycles. The van der Waals surface area contributed by atoms with E-state index in [4.69, 9.17) is 14.2 Å². The van der Waals surface area contributed by atoms with Gasteiger partial charge in [0.25, 0.3) is 16.9 Å². The van der Waals surface area contributed by atoms with Crippen LogP contribution in [0, 0.1) is 20.2 Å². The summed E-state index contributed by atoms with van der Waals surface area (Å²) in [5.74, 6) is 0.926. The average molecular weight is 753 g/mol. The number of aliphatic hydroxyl groups is 2. The Morgan fingerprint density at radius 1 is 0.855 bits per heavy atom. The van der Waals surface area contributed by atoms with Crippen molar-refractivity contribution in [2.24, 2.45) is 0 Å². The Bertz CT molecular complexity index is 2240. The summed E-state index contributed by atoms with van der Waals surface area (Å²) in [5.41, 5.74) is -1.23. The number of nitrogens with one attached hydrogen (secondary N) is 1. The van der Waals surface area contributed by atoms with E-state index in [0.29, 0.717) is 46.6 Å². The number of benzene rings is 4. The summed E-state index contributed by atoms with van der Waals surface area (Å²) < 4.78 is 19.3. The van der Waals surface area contributed by atoms with Crippen LogP contribution in [0.3, 0.4) is 0 Å². The molecule has 0 aliphatic carbocycles. The number of nitro groups is 2. The Hall–Kier alpha value is -6.16. The van der Waals surface area contributed by atoms with Crippen LogP contribution in [-0.2, 0) is 23.0 Å². The molecule has 3 N–H and O–H groups in total. The van der Waals surface area contributed by atoms with Gasteiger partial charge < -0.3 is 24.4 Å². The molecule has 0 spiro atoms. The number of hydrogen-bond donors (Lipinski definition) is 3. The van der Waals surface area contributed by atoms with Crippen LogP contribution in [-0.4, -0.2) is 62.1 Å². The van der Waals surface area contributed by atoms with Gasteiger partial charge in [0.1, 0.15) is 29.9 Å². The zero-order valence-electron chi connectivity index (χ0n) is 30.1. The van der Waals surface area contributed by atoms with E-state index in [2.05, 4.69) is 4.98 Å². The number of aryl methyl sites for hydroxylation is 2. The van der Waals surface area contributed by atoms with Crippen LogP contribution in [0.15, 0.2) is 113 Å². The van der Waals surface area contributed by atoms with Crippen molar-refractivity contribution in [2.45, 2.75) is 62.1 Å². The number of methoxy groups -OCH3 is 2. The molecular formula is C40H40N4O11. The molecule has 1 unspecified atom stereocenters. The van der Waals surface area contributed by atoms with Crippen LogP contribution in [0.4, 0.5) is 11.4 Å². The van der Waals surface area contributed by atoms with Gasteiger partial charge in [-0.1, -0.05) is 66.7 Å². The van der Waals surface area contributed by atoms with E-state index in [0.717, 1.165) is 6.07 Å². The molecule has 1 fully saturated rings. The minimum Gasteiger partial charge on any atom is -0.496 e. The van der Waals surface area contributed by atoms with Gasteiger partial charge in [-0.05, 0) is 49.4 Å². The summed E-state index contributed by atoms with van der Waals surface area (Å²) in [7, 11) is 3.06. The summed E-state index contributed by atoms with van der Waals surface area (Å²) >= 11 is 0. The highest BCUT2D eigenvalue weighted by molar-refractivity contribution is 5.60. The summed E-state index contributed by atoms with van der Waals surface area (Å²) in [6, 6.07) is 27.2. The van der Waals surface area contributed by atoms with Gasteiger partial charge >= 0.3 is 5.69 Å². The zero-order chi connectivity index (χ0) is 39.3. The second kappa shape index (κ2) is 16.5. The van der Waals surface area contributed by atoms with Gasteiger partial charge in [-0.3, -0.25) is 34.6 Å². The minimum absolute atomic E-state index is 0.0976. The van der Waals surface area contributed by atoms with E-state index in [1.807, 2.05) is 66.7 Å². The molecule has 0 bridgehead atoms. The van der Waals surface area contributed by atoms with Crippen molar-refractivity contribution in [3.63, 3.8) is 0 Å². The largest absolute Gasteiger partial charge is 0.496 e. The summed E-state index contributed by atoms with van der Waals surface area (Å²) in [6.07, 6.45) is -2.63. The van der Waals surface area contributed by atoms with Crippen LogP contribution in [0.25, 0.3) is 0 Å². The first kappa shape index (κ1) is 38.6. The number of aromatic nitrogens is 2. The Morgan fingerprint density at radius 3 is 2.02 bits per heavy atom. The lowest BCUT2D eigenvalue weighted by atomic mass is 9.63. The molecule has 6 rings (SSSR count). The fourth-order valence-electron chi connectivity index (χ4n) is 7.56. The van der Waals surface area contributed by atoms with Crippen molar-refractivity contribution >= 4 is 11.4 Å². The number of hydrogen-bond acceptors (Lipinski definition) is 11. The molecule has 286 valence electrons. The predicted octanol–water partition coefficient (Wildman–Crippen LogP) is 4.98. The fraction of sp³-hybridized carbons (Fsp3) is 0.300. The van der Waals surface area contributed by atoms with Gasteiger partial charge in [-0.15, -0.1) is 0 Å². The third kappa shape index (κ3) is 7.49. The first-order valence-corrected chi connectivity index (χ1v) is 17.6. The highest BCUT2D eigenvalue weighted by Crippen LogP contribution is 2.51. The van der Waals surface area contributed by atoms with Gasteiger partial charge in [0.2, 0.25) is 0 Å². The standard InChI is InChI=1S/C40H40N4O11/c1-53-33-18-10-8-16-29(33)40(27-14-4-3-5-15-27,30-17-9-11-19-34(30)54-2)37(46)36-32(45)23-35(55-36)42-24-26(38(47)41-39(42)48)13-7-6-12-25-20-21-28(43(49)50)22-31(25)44(51)52/h3-5,8-11,14-22,24,32,35-37,45-46H,6-7,12-13,23H2,1-2H3,(H,41,47,48)/t32-,35+,36-,37?/m0/s1. The van der Waals surface area contributed by atoms with Gasteiger partial charge in [-0.25, -0.2) is 4.79 Å². The molecule has 1 aromatic heterocycles. The number of non-ortho nitro benzene ring substituents is 1. The topological polar surface area (TPSA) is 209 Å². The molecule has 2 heterocycles. The number of nitrogens with zero attached hydrogens (tertiary/aromatic N) is 3. The van der Waals surface area contributed by atoms with E-state index in [1.165, 1.54) is 37.1 Å². The summed E-state index contributed by atoms with van der Waals surface area (Å²) in [6.45, 7) is 0. The molecule has 5 aromatic rings. The fourth-order valence-corrected chi connectivity index (χ4v) is 7.56. The first-order chi connectivity index (χ1) is 26.5. The van der Waals surface area contributed by atoms with Gasteiger partial charge in [-0.2, -0.15) is 0 Å². The molecule has 15 nitrogen and oxygen atoms in total. The van der Waals surface area contributed by atoms with Crippen molar-refractivity contribution in [3.05, 3.63) is 172 Å². The number of aromatic amines is 1. The molecule has 4 aromatic carbocycles. The van der Waals surface area contributed by atoms with Crippen molar-refractivity contribution in [2.75, 3.05) is 14.2 Å². The highest BCUT2D eigenvalue weighted by atomic mass is 16.6. The maximum Gasteiger partial charge on any atom is 0.330 e. The summed E-state index contributed by atoms with van der Waals surface area (Å²) in [4.78, 5) is 49.7. The lowest BCUT2D eigenvalue weighted by Crippen LogP contribution is -2.51. The first-order valence-electron chi connectivity index (χ1n) is 17.6. The molecular weight excluding hydrogens is 712 g/mol. The molecule has 0 amide bonds. The number of nitro benzene ring substituents is 2. The Kier molecular flexibility index (Phi) is 11.5. The number of para-hydroxylation sites is 2. The molecule has 0 radical (unpaired) electrons. The maximum atomic E-state index is 13.2. The van der Waals surface area contributed by atoms with Crippen molar-refractivity contribution in [1.29, 1.82) is 0 Å².